The maximum Gasteiger partial charge on any atom is 0.290 e. The van der Waals surface area contributed by atoms with E-state index in [4.69, 9.17) is 13.9 Å². The number of ether oxygens (including phenoxy) is 2. The number of rotatable bonds is 7. The third-order valence-electron chi connectivity index (χ3n) is 6.53. The average Bonchev–Trinajstić information content (AvgIpc) is 3.14. The lowest BCUT2D eigenvalue weighted by Crippen LogP contribution is -2.42. The molecule has 178 valence electrons. The number of benzene rings is 2. The molecule has 1 atom stereocenters. The second-order valence-corrected chi connectivity index (χ2v) is 8.95. The zero-order chi connectivity index (χ0) is 23.7. The molecule has 2 aliphatic rings. The summed E-state index contributed by atoms with van der Waals surface area (Å²) in [5.41, 5.74) is 2.53. The van der Waals surface area contributed by atoms with Gasteiger partial charge in [0.15, 0.2) is 5.43 Å². The number of carbonyl (C=O) groups is 1. The first-order valence-corrected chi connectivity index (χ1v) is 12.0. The molecule has 2 aromatic carbocycles. The van der Waals surface area contributed by atoms with Crippen molar-refractivity contribution in [2.24, 2.45) is 0 Å². The molecular formula is C27H30N2O5. The van der Waals surface area contributed by atoms with Gasteiger partial charge in [0.2, 0.25) is 5.76 Å². The molecule has 0 radical (unpaired) electrons. The molecule has 0 saturated carbocycles. The van der Waals surface area contributed by atoms with Crippen LogP contribution in [0.2, 0.25) is 0 Å². The molecule has 1 saturated heterocycles. The van der Waals surface area contributed by atoms with Crippen molar-refractivity contribution in [1.29, 1.82) is 0 Å². The Morgan fingerprint density at radius 1 is 1.06 bits per heavy atom. The summed E-state index contributed by atoms with van der Waals surface area (Å²) in [7, 11) is 0. The first-order chi connectivity index (χ1) is 16.6. The standard InChI is InChI=1S/C27H30N2O5/c1-3-13-33-20-6-4-5-19(17-20)24-23-25(30)21-16-18(2)7-8-22(21)34-26(23)27(31)29(24)10-9-28-11-14-32-15-12-28/h4-8,16-17,24H,3,9-15H2,1-2H3. The predicted molar refractivity (Wildman–Crippen MR) is 130 cm³/mol. The quantitative estimate of drug-likeness (QED) is 0.532. The van der Waals surface area contributed by atoms with E-state index in [-0.39, 0.29) is 17.1 Å². The van der Waals surface area contributed by atoms with Crippen molar-refractivity contribution in [2.45, 2.75) is 26.3 Å². The van der Waals surface area contributed by atoms with Gasteiger partial charge < -0.3 is 18.8 Å². The summed E-state index contributed by atoms with van der Waals surface area (Å²) in [4.78, 5) is 31.4. The highest BCUT2D eigenvalue weighted by atomic mass is 16.5. The monoisotopic (exact) mass is 462 g/mol. The lowest BCUT2D eigenvalue weighted by Gasteiger charge is -2.31. The zero-order valence-corrected chi connectivity index (χ0v) is 19.7. The highest BCUT2D eigenvalue weighted by molar-refractivity contribution is 5.99. The molecule has 0 aliphatic carbocycles. The van der Waals surface area contributed by atoms with Crippen LogP contribution in [0.1, 0.15) is 46.6 Å². The van der Waals surface area contributed by atoms with E-state index in [0.29, 0.717) is 49.4 Å². The minimum absolute atomic E-state index is 0.146. The number of carbonyl (C=O) groups excluding carboxylic acids is 1. The van der Waals surface area contributed by atoms with Gasteiger partial charge >= 0.3 is 0 Å². The van der Waals surface area contributed by atoms with Gasteiger partial charge in [-0.15, -0.1) is 0 Å². The Bertz CT molecular complexity index is 1260. The fraction of sp³-hybridized carbons (Fsp3) is 0.407. The second kappa shape index (κ2) is 9.60. The molecule has 1 unspecified atom stereocenters. The molecule has 7 heteroatoms. The van der Waals surface area contributed by atoms with Crippen LogP contribution < -0.4 is 10.2 Å². The molecule has 7 nitrogen and oxygen atoms in total. The van der Waals surface area contributed by atoms with Gasteiger partial charge in [-0.1, -0.05) is 30.7 Å². The van der Waals surface area contributed by atoms with Crippen LogP contribution >= 0.6 is 0 Å². The third-order valence-corrected chi connectivity index (χ3v) is 6.53. The summed E-state index contributed by atoms with van der Waals surface area (Å²) < 4.78 is 17.4. The first kappa shape index (κ1) is 22.6. The smallest absolute Gasteiger partial charge is 0.290 e. The summed E-state index contributed by atoms with van der Waals surface area (Å²) >= 11 is 0. The van der Waals surface area contributed by atoms with Gasteiger partial charge in [0, 0.05) is 26.2 Å². The number of hydrogen-bond acceptors (Lipinski definition) is 6. The molecule has 0 N–H and O–H groups in total. The number of morpholine rings is 1. The summed E-state index contributed by atoms with van der Waals surface area (Å²) in [6, 6.07) is 12.7. The molecule has 0 spiro atoms. The Morgan fingerprint density at radius 2 is 1.88 bits per heavy atom. The molecular weight excluding hydrogens is 432 g/mol. The molecule has 1 aromatic heterocycles. The van der Waals surface area contributed by atoms with E-state index in [2.05, 4.69) is 11.8 Å². The fourth-order valence-corrected chi connectivity index (χ4v) is 4.78. The van der Waals surface area contributed by atoms with E-state index in [1.807, 2.05) is 43.3 Å². The van der Waals surface area contributed by atoms with Gasteiger partial charge in [0.25, 0.3) is 5.91 Å². The van der Waals surface area contributed by atoms with Crippen LogP contribution in [0.4, 0.5) is 0 Å². The molecule has 1 amide bonds. The van der Waals surface area contributed by atoms with Crippen LogP contribution in [0.25, 0.3) is 11.0 Å². The van der Waals surface area contributed by atoms with Crippen LogP contribution in [0, 0.1) is 6.92 Å². The van der Waals surface area contributed by atoms with E-state index in [1.54, 1.807) is 11.0 Å². The van der Waals surface area contributed by atoms with Crippen LogP contribution in [0.5, 0.6) is 5.75 Å². The number of nitrogens with zero attached hydrogens (tertiary/aromatic N) is 2. The minimum Gasteiger partial charge on any atom is -0.494 e. The molecule has 34 heavy (non-hydrogen) atoms. The summed E-state index contributed by atoms with van der Waals surface area (Å²) in [5.74, 6) is 0.635. The van der Waals surface area contributed by atoms with Crippen LogP contribution in [0.3, 0.4) is 0 Å². The van der Waals surface area contributed by atoms with Crippen molar-refractivity contribution in [1.82, 2.24) is 9.80 Å². The molecule has 1 fully saturated rings. The molecule has 3 heterocycles. The zero-order valence-electron chi connectivity index (χ0n) is 19.7. The Morgan fingerprint density at radius 3 is 2.68 bits per heavy atom. The maximum absolute atomic E-state index is 13.7. The third kappa shape index (κ3) is 4.21. The Labute approximate surface area is 198 Å². The van der Waals surface area contributed by atoms with Gasteiger partial charge in [-0.25, -0.2) is 0 Å². The summed E-state index contributed by atoms with van der Waals surface area (Å²) in [5, 5.41) is 0.505. The van der Waals surface area contributed by atoms with Crippen LogP contribution in [-0.2, 0) is 4.74 Å². The van der Waals surface area contributed by atoms with Crippen molar-refractivity contribution >= 4 is 16.9 Å². The van der Waals surface area contributed by atoms with Crippen LogP contribution in [-0.4, -0.2) is 61.7 Å². The van der Waals surface area contributed by atoms with E-state index in [0.717, 1.165) is 36.4 Å². The second-order valence-electron chi connectivity index (χ2n) is 8.95. The lowest BCUT2D eigenvalue weighted by atomic mass is 9.98. The van der Waals surface area contributed by atoms with E-state index in [9.17, 15) is 9.59 Å². The molecule has 3 aromatic rings. The topological polar surface area (TPSA) is 72.2 Å². The Hall–Kier alpha value is -3.16. The van der Waals surface area contributed by atoms with Gasteiger partial charge in [-0.05, 0) is 43.2 Å². The maximum atomic E-state index is 13.7. The van der Waals surface area contributed by atoms with Gasteiger partial charge in [-0.2, -0.15) is 0 Å². The van der Waals surface area contributed by atoms with Crippen molar-refractivity contribution in [3.8, 4) is 5.75 Å². The number of fused-ring (bicyclic) bond motifs is 2. The number of amides is 1. The fourth-order valence-electron chi connectivity index (χ4n) is 4.78. The summed E-state index contributed by atoms with van der Waals surface area (Å²) in [6.07, 6.45) is 0.898. The van der Waals surface area contributed by atoms with Crippen molar-refractivity contribution in [3.63, 3.8) is 0 Å². The predicted octanol–water partition coefficient (Wildman–Crippen LogP) is 3.77. The van der Waals surface area contributed by atoms with Gasteiger partial charge in [0.05, 0.1) is 36.8 Å². The summed E-state index contributed by atoms with van der Waals surface area (Å²) in [6.45, 7) is 8.86. The largest absolute Gasteiger partial charge is 0.494 e. The van der Waals surface area contributed by atoms with Crippen molar-refractivity contribution in [2.75, 3.05) is 46.0 Å². The van der Waals surface area contributed by atoms with E-state index >= 15 is 0 Å². The Balaban J connectivity index is 1.59. The van der Waals surface area contributed by atoms with E-state index in [1.165, 1.54) is 0 Å². The number of aryl methyl sites for hydroxylation is 1. The van der Waals surface area contributed by atoms with Crippen molar-refractivity contribution in [3.05, 3.63) is 75.1 Å². The Kier molecular flexibility index (Phi) is 6.39. The SMILES string of the molecule is CCCOc1cccc(C2c3c(oc4ccc(C)cc4c3=O)C(=O)N2CCN2CCOCC2)c1. The number of hydrogen-bond donors (Lipinski definition) is 0. The van der Waals surface area contributed by atoms with Crippen LogP contribution in [0.15, 0.2) is 51.7 Å². The molecule has 2 aliphatic heterocycles. The normalized spacial score (nSPS) is 18.5. The molecule has 0 bridgehead atoms. The average molecular weight is 463 g/mol. The van der Waals surface area contributed by atoms with Gasteiger partial charge in [0.1, 0.15) is 11.3 Å². The first-order valence-electron chi connectivity index (χ1n) is 12.0. The highest BCUT2D eigenvalue weighted by Gasteiger charge is 2.42. The van der Waals surface area contributed by atoms with E-state index < -0.39 is 6.04 Å². The highest BCUT2D eigenvalue weighted by Crippen LogP contribution is 2.39. The van der Waals surface area contributed by atoms with Crippen molar-refractivity contribution < 1.29 is 18.7 Å². The van der Waals surface area contributed by atoms with Gasteiger partial charge in [-0.3, -0.25) is 14.5 Å². The molecule has 5 rings (SSSR count). The minimum atomic E-state index is -0.519. The lowest BCUT2D eigenvalue weighted by molar-refractivity contribution is 0.0314.